The van der Waals surface area contributed by atoms with E-state index >= 15 is 0 Å². The maximum atomic E-state index is 14.2. The standard InChI is InChI=1S/C18H20BrFN4O/c19-12-7-8-14(20)13(11-12)18(25)23-10-4-5-15(23)17-22-21-16-6-2-1-3-9-24(16)17/h7-8,11,15H,1-6,9-10H2. The van der Waals surface area contributed by atoms with Crippen LogP contribution in [0.15, 0.2) is 22.7 Å². The molecule has 2 aliphatic rings. The summed E-state index contributed by atoms with van der Waals surface area (Å²) in [5.41, 5.74) is 0.108. The molecule has 5 nitrogen and oxygen atoms in total. The van der Waals surface area contributed by atoms with Gasteiger partial charge in [0.2, 0.25) is 0 Å². The summed E-state index contributed by atoms with van der Waals surface area (Å²) >= 11 is 3.32. The number of rotatable bonds is 2. The van der Waals surface area contributed by atoms with Gasteiger partial charge in [-0.25, -0.2) is 4.39 Å². The van der Waals surface area contributed by atoms with Crippen molar-refractivity contribution in [2.45, 2.75) is 51.1 Å². The first-order valence-corrected chi connectivity index (χ1v) is 9.62. The minimum absolute atomic E-state index is 0.108. The molecule has 0 N–H and O–H groups in total. The summed E-state index contributed by atoms with van der Waals surface area (Å²) in [4.78, 5) is 14.7. The van der Waals surface area contributed by atoms with E-state index < -0.39 is 5.82 Å². The maximum Gasteiger partial charge on any atom is 0.257 e. The summed E-state index contributed by atoms with van der Waals surface area (Å²) in [6.07, 6.45) is 6.12. The molecule has 1 atom stereocenters. The second-order valence-electron chi connectivity index (χ2n) is 6.72. The van der Waals surface area contributed by atoms with Crippen LogP contribution in [0.5, 0.6) is 0 Å². The van der Waals surface area contributed by atoms with E-state index in [9.17, 15) is 9.18 Å². The Kier molecular flexibility index (Phi) is 4.58. The lowest BCUT2D eigenvalue weighted by Gasteiger charge is -2.25. The largest absolute Gasteiger partial charge is 0.328 e. The number of aromatic nitrogens is 3. The molecule has 4 rings (SSSR count). The highest BCUT2D eigenvalue weighted by Crippen LogP contribution is 2.34. The molecule has 0 radical (unpaired) electrons. The normalized spacial score (nSPS) is 20.4. The van der Waals surface area contributed by atoms with Crippen LogP contribution >= 0.6 is 15.9 Å². The Balaban J connectivity index is 1.66. The number of fused-ring (bicyclic) bond motifs is 1. The van der Waals surface area contributed by atoms with Gasteiger partial charge in [0.25, 0.3) is 5.91 Å². The molecule has 1 aromatic heterocycles. The first-order chi connectivity index (χ1) is 12.1. The van der Waals surface area contributed by atoms with Gasteiger partial charge in [0.1, 0.15) is 11.6 Å². The summed E-state index contributed by atoms with van der Waals surface area (Å²) in [6.45, 7) is 1.53. The lowest BCUT2D eigenvalue weighted by atomic mass is 10.1. The average Bonchev–Trinajstić information content (AvgIpc) is 3.17. The Morgan fingerprint density at radius 3 is 2.92 bits per heavy atom. The van der Waals surface area contributed by atoms with Gasteiger partial charge >= 0.3 is 0 Å². The first-order valence-electron chi connectivity index (χ1n) is 8.83. The molecule has 2 aliphatic heterocycles. The Bertz CT molecular complexity index is 806. The number of hydrogen-bond acceptors (Lipinski definition) is 3. The van der Waals surface area contributed by atoms with Gasteiger partial charge in [-0.1, -0.05) is 22.4 Å². The van der Waals surface area contributed by atoms with Gasteiger partial charge < -0.3 is 9.47 Å². The van der Waals surface area contributed by atoms with E-state index in [-0.39, 0.29) is 17.5 Å². The van der Waals surface area contributed by atoms with Crippen molar-refractivity contribution in [3.05, 3.63) is 45.7 Å². The van der Waals surface area contributed by atoms with Crippen molar-refractivity contribution >= 4 is 21.8 Å². The molecule has 0 aliphatic carbocycles. The van der Waals surface area contributed by atoms with Crippen LogP contribution in [0, 0.1) is 5.82 Å². The van der Waals surface area contributed by atoms with Gasteiger partial charge in [0, 0.05) is 24.0 Å². The number of aryl methyl sites for hydroxylation is 1. The van der Waals surface area contributed by atoms with Crippen molar-refractivity contribution in [1.29, 1.82) is 0 Å². The van der Waals surface area contributed by atoms with Crippen LogP contribution in [0.25, 0.3) is 0 Å². The van der Waals surface area contributed by atoms with E-state index in [4.69, 9.17) is 0 Å². The zero-order valence-corrected chi connectivity index (χ0v) is 15.5. The van der Waals surface area contributed by atoms with E-state index in [0.29, 0.717) is 11.0 Å². The van der Waals surface area contributed by atoms with Crippen molar-refractivity contribution in [3.63, 3.8) is 0 Å². The van der Waals surface area contributed by atoms with Crippen molar-refractivity contribution in [1.82, 2.24) is 19.7 Å². The molecule has 132 valence electrons. The number of hydrogen-bond donors (Lipinski definition) is 0. The maximum absolute atomic E-state index is 14.2. The third-order valence-electron chi connectivity index (χ3n) is 5.11. The minimum Gasteiger partial charge on any atom is -0.328 e. The topological polar surface area (TPSA) is 51.0 Å². The van der Waals surface area contributed by atoms with E-state index in [1.54, 1.807) is 17.0 Å². The van der Waals surface area contributed by atoms with Crippen LogP contribution in [-0.2, 0) is 13.0 Å². The van der Waals surface area contributed by atoms with Crippen LogP contribution in [0.3, 0.4) is 0 Å². The fourth-order valence-electron chi connectivity index (χ4n) is 3.85. The second kappa shape index (κ2) is 6.86. The molecule has 0 bridgehead atoms. The number of benzene rings is 1. The van der Waals surface area contributed by atoms with Crippen molar-refractivity contribution in [2.75, 3.05) is 6.54 Å². The molecule has 25 heavy (non-hydrogen) atoms. The number of carbonyl (C=O) groups is 1. The van der Waals surface area contributed by atoms with Crippen LogP contribution in [-0.4, -0.2) is 32.1 Å². The molecule has 0 spiro atoms. The molecular weight excluding hydrogens is 387 g/mol. The SMILES string of the molecule is O=C(c1cc(Br)ccc1F)N1CCCC1c1nnc2n1CCCCC2. The van der Waals surface area contributed by atoms with E-state index in [1.807, 2.05) is 0 Å². The predicted molar refractivity (Wildman–Crippen MR) is 94.7 cm³/mol. The summed E-state index contributed by atoms with van der Waals surface area (Å²) < 4.78 is 17.0. The Hall–Kier alpha value is -1.76. The highest BCUT2D eigenvalue weighted by atomic mass is 79.9. The van der Waals surface area contributed by atoms with Crippen LogP contribution in [0.1, 0.15) is 60.2 Å². The van der Waals surface area contributed by atoms with Crippen molar-refractivity contribution in [3.8, 4) is 0 Å². The molecule has 1 aromatic carbocycles. The molecule has 1 saturated heterocycles. The summed E-state index contributed by atoms with van der Waals surface area (Å²) in [5, 5.41) is 8.76. The van der Waals surface area contributed by atoms with E-state index in [0.717, 1.165) is 50.3 Å². The van der Waals surface area contributed by atoms with Crippen LogP contribution in [0.2, 0.25) is 0 Å². The smallest absolute Gasteiger partial charge is 0.257 e. The number of likely N-dealkylation sites (tertiary alicyclic amines) is 1. The Morgan fingerprint density at radius 2 is 2.04 bits per heavy atom. The van der Waals surface area contributed by atoms with Crippen molar-refractivity contribution < 1.29 is 9.18 Å². The summed E-state index contributed by atoms with van der Waals surface area (Å²) in [7, 11) is 0. The molecule has 1 fully saturated rings. The number of amides is 1. The third-order valence-corrected chi connectivity index (χ3v) is 5.60. The van der Waals surface area contributed by atoms with Gasteiger partial charge in [-0.2, -0.15) is 0 Å². The van der Waals surface area contributed by atoms with Crippen LogP contribution in [0.4, 0.5) is 4.39 Å². The molecule has 1 amide bonds. The second-order valence-corrected chi connectivity index (χ2v) is 7.63. The Morgan fingerprint density at radius 1 is 1.16 bits per heavy atom. The number of carbonyl (C=O) groups excluding carboxylic acids is 1. The summed E-state index contributed by atoms with van der Waals surface area (Å²) in [6, 6.07) is 4.36. The fourth-order valence-corrected chi connectivity index (χ4v) is 4.21. The summed E-state index contributed by atoms with van der Waals surface area (Å²) in [5.74, 6) is 1.12. The average molecular weight is 407 g/mol. The van der Waals surface area contributed by atoms with E-state index in [2.05, 4.69) is 30.7 Å². The van der Waals surface area contributed by atoms with Crippen LogP contribution < -0.4 is 0 Å². The molecule has 2 aromatic rings. The minimum atomic E-state index is -0.487. The molecular formula is C18H20BrFN4O. The zero-order chi connectivity index (χ0) is 17.4. The van der Waals surface area contributed by atoms with Gasteiger partial charge in [0.15, 0.2) is 5.82 Å². The molecule has 7 heteroatoms. The van der Waals surface area contributed by atoms with Gasteiger partial charge in [0.05, 0.1) is 11.6 Å². The molecule has 3 heterocycles. The number of halogens is 2. The first kappa shape index (κ1) is 16.7. The molecule has 1 unspecified atom stereocenters. The van der Waals surface area contributed by atoms with E-state index in [1.165, 1.54) is 12.5 Å². The predicted octanol–water partition coefficient (Wildman–Crippen LogP) is 3.88. The molecule has 0 saturated carbocycles. The lowest BCUT2D eigenvalue weighted by molar-refractivity contribution is 0.0722. The van der Waals surface area contributed by atoms with Gasteiger partial charge in [-0.05, 0) is 43.9 Å². The third kappa shape index (κ3) is 3.10. The number of nitrogens with zero attached hydrogens (tertiary/aromatic N) is 4. The van der Waals surface area contributed by atoms with Crippen molar-refractivity contribution in [2.24, 2.45) is 0 Å². The fraction of sp³-hybridized carbons (Fsp3) is 0.500. The van der Waals surface area contributed by atoms with Gasteiger partial charge in [-0.15, -0.1) is 10.2 Å². The lowest BCUT2D eigenvalue weighted by Crippen LogP contribution is -2.32. The zero-order valence-electron chi connectivity index (χ0n) is 13.9. The quantitative estimate of drug-likeness (QED) is 0.759. The monoisotopic (exact) mass is 406 g/mol. The van der Waals surface area contributed by atoms with Gasteiger partial charge in [-0.3, -0.25) is 4.79 Å². The highest BCUT2D eigenvalue weighted by molar-refractivity contribution is 9.10. The Labute approximate surface area is 154 Å². The highest BCUT2D eigenvalue weighted by Gasteiger charge is 2.35.